The number of aromatic nitrogens is 3. The van der Waals surface area contributed by atoms with E-state index in [-0.39, 0.29) is 0 Å². The first-order valence-electron chi connectivity index (χ1n) is 11.1. The Morgan fingerprint density at radius 2 is 1.94 bits per heavy atom. The highest BCUT2D eigenvalue weighted by Gasteiger charge is 2.24. The number of hydrogen-bond donors (Lipinski definition) is 2. The highest BCUT2D eigenvalue weighted by atomic mass is 16.5. The van der Waals surface area contributed by atoms with Gasteiger partial charge in [-0.25, -0.2) is 4.99 Å². The third-order valence-electron chi connectivity index (χ3n) is 5.89. The lowest BCUT2D eigenvalue weighted by molar-refractivity contribution is 0.394. The minimum absolute atomic E-state index is 0.308. The molecule has 0 radical (unpaired) electrons. The fourth-order valence-corrected chi connectivity index (χ4v) is 4.24. The van der Waals surface area contributed by atoms with Crippen LogP contribution in [0.2, 0.25) is 0 Å². The third-order valence-corrected chi connectivity index (χ3v) is 5.89. The molecule has 1 atom stereocenters. The fraction of sp³-hybridized carbons (Fsp3) is 0.591. The van der Waals surface area contributed by atoms with Crippen LogP contribution in [-0.4, -0.2) is 60.6 Å². The van der Waals surface area contributed by atoms with Crippen molar-refractivity contribution in [2.45, 2.75) is 51.7 Å². The molecule has 2 aliphatic rings. The Labute approximate surface area is 183 Å². The fourth-order valence-electron chi connectivity index (χ4n) is 4.24. The summed E-state index contributed by atoms with van der Waals surface area (Å²) in [5, 5.41) is 15.7. The van der Waals surface area contributed by atoms with Gasteiger partial charge in [0, 0.05) is 62.5 Å². The number of aliphatic imine (C=N–C) groups is 1. The zero-order valence-electron chi connectivity index (χ0n) is 18.7. The van der Waals surface area contributed by atoms with E-state index in [9.17, 15) is 0 Å². The average molecular weight is 428 g/mol. The Hall–Kier alpha value is -2.97. The molecule has 31 heavy (non-hydrogen) atoms. The molecule has 0 spiro atoms. The van der Waals surface area contributed by atoms with Gasteiger partial charge in [0.15, 0.2) is 11.8 Å². The molecule has 1 fully saturated rings. The van der Waals surface area contributed by atoms with Crippen LogP contribution in [0.15, 0.2) is 23.2 Å². The van der Waals surface area contributed by atoms with Crippen LogP contribution in [0.25, 0.3) is 0 Å². The molecule has 1 unspecified atom stereocenters. The van der Waals surface area contributed by atoms with E-state index in [2.05, 4.69) is 49.4 Å². The first kappa shape index (κ1) is 21.3. The highest BCUT2D eigenvalue weighted by Crippen LogP contribution is 2.30. The molecular formula is C22H33N7O2. The summed E-state index contributed by atoms with van der Waals surface area (Å²) in [5.41, 5.74) is 1.11. The van der Waals surface area contributed by atoms with E-state index >= 15 is 0 Å². The van der Waals surface area contributed by atoms with Gasteiger partial charge in [0.2, 0.25) is 0 Å². The number of rotatable bonds is 7. The molecule has 2 N–H and O–H groups in total. The number of methoxy groups -OCH3 is 2. The SMILES string of the molecule is CCNC(=NCc1nnc2n1CCCC2)NC1CCN(c2cc(OC)cc(OC)c2)C1. The van der Waals surface area contributed by atoms with Gasteiger partial charge in [-0.1, -0.05) is 0 Å². The molecule has 0 saturated carbocycles. The number of fused-ring (bicyclic) bond motifs is 1. The second-order valence-corrected chi connectivity index (χ2v) is 7.98. The number of nitrogens with one attached hydrogen (secondary N) is 2. The zero-order valence-corrected chi connectivity index (χ0v) is 18.7. The topological polar surface area (TPSA) is 88.8 Å². The van der Waals surface area contributed by atoms with E-state index < -0.39 is 0 Å². The Balaban J connectivity index is 1.40. The maximum Gasteiger partial charge on any atom is 0.191 e. The summed E-state index contributed by atoms with van der Waals surface area (Å²) in [6, 6.07) is 6.31. The maximum absolute atomic E-state index is 5.42. The van der Waals surface area contributed by atoms with Crippen LogP contribution in [0, 0.1) is 0 Å². The van der Waals surface area contributed by atoms with Crippen LogP contribution >= 0.6 is 0 Å². The van der Waals surface area contributed by atoms with Gasteiger partial charge in [-0.05, 0) is 26.2 Å². The minimum atomic E-state index is 0.308. The Kier molecular flexibility index (Phi) is 6.79. The number of benzene rings is 1. The molecule has 0 bridgehead atoms. The predicted molar refractivity (Wildman–Crippen MR) is 121 cm³/mol. The maximum atomic E-state index is 5.42. The molecule has 9 nitrogen and oxygen atoms in total. The largest absolute Gasteiger partial charge is 0.497 e. The summed E-state index contributed by atoms with van der Waals surface area (Å²) >= 11 is 0. The molecule has 4 rings (SSSR count). The summed E-state index contributed by atoms with van der Waals surface area (Å²) < 4.78 is 13.1. The first-order valence-corrected chi connectivity index (χ1v) is 11.1. The van der Waals surface area contributed by atoms with Gasteiger partial charge in [-0.2, -0.15) is 0 Å². The number of aryl methyl sites for hydroxylation is 1. The van der Waals surface area contributed by atoms with Gasteiger partial charge in [-0.15, -0.1) is 10.2 Å². The summed E-state index contributed by atoms with van der Waals surface area (Å²) in [4.78, 5) is 7.14. The molecule has 3 heterocycles. The molecule has 2 aliphatic heterocycles. The summed E-state index contributed by atoms with van der Waals surface area (Å²) in [6.07, 6.45) is 4.43. The standard InChI is InChI=1S/C22H33N7O2/c1-4-23-22(24-14-21-27-26-20-7-5-6-9-29(20)21)25-16-8-10-28(15-16)17-11-18(30-2)13-19(12-17)31-3/h11-13,16H,4-10,14-15H2,1-3H3,(H2,23,24,25). The molecule has 2 aromatic rings. The van der Waals surface area contributed by atoms with Gasteiger partial charge in [0.05, 0.1) is 14.2 Å². The summed E-state index contributed by atoms with van der Waals surface area (Å²) in [7, 11) is 3.36. The van der Waals surface area contributed by atoms with Crippen molar-refractivity contribution in [3.8, 4) is 11.5 Å². The summed E-state index contributed by atoms with van der Waals surface area (Å²) in [6.45, 7) is 6.28. The monoisotopic (exact) mass is 427 g/mol. The predicted octanol–water partition coefficient (Wildman–Crippen LogP) is 1.97. The van der Waals surface area contributed by atoms with E-state index in [1.54, 1.807) is 14.2 Å². The van der Waals surface area contributed by atoms with Crippen molar-refractivity contribution in [1.29, 1.82) is 0 Å². The van der Waals surface area contributed by atoms with E-state index in [1.807, 2.05) is 6.07 Å². The van der Waals surface area contributed by atoms with Crippen molar-refractivity contribution in [2.75, 3.05) is 38.8 Å². The van der Waals surface area contributed by atoms with E-state index in [4.69, 9.17) is 14.5 Å². The third kappa shape index (κ3) is 5.03. The number of anilines is 1. The summed E-state index contributed by atoms with van der Waals surface area (Å²) in [5.74, 6) is 4.47. The number of nitrogens with zero attached hydrogens (tertiary/aromatic N) is 5. The Morgan fingerprint density at radius 1 is 1.13 bits per heavy atom. The lowest BCUT2D eigenvalue weighted by Crippen LogP contribution is -2.44. The van der Waals surface area contributed by atoms with Gasteiger partial charge in [-0.3, -0.25) is 0 Å². The van der Waals surface area contributed by atoms with Crippen molar-refractivity contribution >= 4 is 11.6 Å². The Morgan fingerprint density at radius 3 is 2.68 bits per heavy atom. The second-order valence-electron chi connectivity index (χ2n) is 7.98. The van der Waals surface area contributed by atoms with E-state index in [1.165, 1.54) is 12.8 Å². The van der Waals surface area contributed by atoms with Crippen molar-refractivity contribution in [3.05, 3.63) is 29.8 Å². The van der Waals surface area contributed by atoms with Crippen molar-refractivity contribution in [1.82, 2.24) is 25.4 Å². The lowest BCUT2D eigenvalue weighted by atomic mass is 10.2. The van der Waals surface area contributed by atoms with Gasteiger partial charge in [0.25, 0.3) is 0 Å². The second kappa shape index (κ2) is 9.89. The molecular weight excluding hydrogens is 394 g/mol. The normalized spacial score (nSPS) is 18.6. The van der Waals surface area contributed by atoms with Crippen molar-refractivity contribution in [3.63, 3.8) is 0 Å². The van der Waals surface area contributed by atoms with Crippen LogP contribution in [0.3, 0.4) is 0 Å². The van der Waals surface area contributed by atoms with Crippen LogP contribution in [0.4, 0.5) is 5.69 Å². The highest BCUT2D eigenvalue weighted by molar-refractivity contribution is 5.80. The molecule has 9 heteroatoms. The number of guanidine groups is 1. The van der Waals surface area contributed by atoms with Gasteiger partial charge < -0.3 is 29.6 Å². The van der Waals surface area contributed by atoms with Crippen LogP contribution in [0.5, 0.6) is 11.5 Å². The molecule has 0 amide bonds. The lowest BCUT2D eigenvalue weighted by Gasteiger charge is -2.21. The molecule has 168 valence electrons. The number of ether oxygens (including phenoxy) is 2. The van der Waals surface area contributed by atoms with E-state index in [0.717, 1.165) is 73.8 Å². The van der Waals surface area contributed by atoms with Crippen LogP contribution in [-0.2, 0) is 19.5 Å². The first-order chi connectivity index (χ1) is 15.2. The molecule has 1 aromatic heterocycles. The van der Waals surface area contributed by atoms with E-state index in [0.29, 0.717) is 12.6 Å². The molecule has 1 aromatic carbocycles. The Bertz CT molecular complexity index is 889. The van der Waals surface area contributed by atoms with Gasteiger partial charge in [0.1, 0.15) is 23.9 Å². The molecule has 0 aliphatic carbocycles. The van der Waals surface area contributed by atoms with Crippen LogP contribution < -0.4 is 25.0 Å². The smallest absolute Gasteiger partial charge is 0.191 e. The van der Waals surface area contributed by atoms with Gasteiger partial charge >= 0.3 is 0 Å². The number of hydrogen-bond acceptors (Lipinski definition) is 6. The molecule has 1 saturated heterocycles. The quantitative estimate of drug-likeness (QED) is 0.516. The van der Waals surface area contributed by atoms with Crippen molar-refractivity contribution in [2.24, 2.45) is 4.99 Å². The minimum Gasteiger partial charge on any atom is -0.497 e. The zero-order chi connectivity index (χ0) is 21.6. The van der Waals surface area contributed by atoms with Crippen molar-refractivity contribution < 1.29 is 9.47 Å². The van der Waals surface area contributed by atoms with Crippen LogP contribution in [0.1, 0.15) is 37.8 Å². The average Bonchev–Trinajstić information content (AvgIpc) is 3.44.